The van der Waals surface area contributed by atoms with Gasteiger partial charge in [-0.25, -0.2) is 0 Å². The predicted molar refractivity (Wildman–Crippen MR) is 101 cm³/mol. The number of benzene rings is 2. The molecule has 0 amide bonds. The van der Waals surface area contributed by atoms with Gasteiger partial charge >= 0.3 is 0 Å². The van der Waals surface area contributed by atoms with Crippen LogP contribution in [-0.2, 0) is 0 Å². The van der Waals surface area contributed by atoms with E-state index in [2.05, 4.69) is 36.6 Å². The maximum absolute atomic E-state index is 5.65. The molecule has 2 aromatic carbocycles. The van der Waals surface area contributed by atoms with E-state index in [0.717, 1.165) is 62.0 Å². The van der Waals surface area contributed by atoms with Gasteiger partial charge in [-0.15, -0.1) is 0 Å². The molecule has 0 radical (unpaired) electrons. The van der Waals surface area contributed by atoms with Crippen molar-refractivity contribution < 1.29 is 9.47 Å². The van der Waals surface area contributed by atoms with Crippen LogP contribution in [0.25, 0.3) is 0 Å². The summed E-state index contributed by atoms with van der Waals surface area (Å²) in [6, 6.07) is 16.2. The summed E-state index contributed by atoms with van der Waals surface area (Å²) in [4.78, 5) is 0. The Morgan fingerprint density at radius 2 is 1.17 bits per heavy atom. The summed E-state index contributed by atoms with van der Waals surface area (Å²) in [5.41, 5.74) is 2.15. The van der Waals surface area contributed by atoms with E-state index in [-0.39, 0.29) is 0 Å². The molecule has 130 valence electrons. The highest BCUT2D eigenvalue weighted by atomic mass is 16.5. The molecular weight excluding hydrogens is 300 g/mol. The van der Waals surface area contributed by atoms with Crippen LogP contribution in [0.3, 0.4) is 0 Å². The van der Waals surface area contributed by atoms with Gasteiger partial charge in [-0.3, -0.25) is 0 Å². The molecular formula is C20H28N2O2. The van der Waals surface area contributed by atoms with Gasteiger partial charge < -0.3 is 20.1 Å². The predicted octanol–water partition coefficient (Wildman–Crippen LogP) is 4.79. The number of ether oxygens (including phenoxy) is 2. The normalized spacial score (nSPS) is 10.2. The Labute approximate surface area is 145 Å². The molecule has 0 spiro atoms. The minimum atomic E-state index is 0.751. The van der Waals surface area contributed by atoms with Crippen LogP contribution in [0, 0.1) is 0 Å². The Morgan fingerprint density at radius 1 is 0.708 bits per heavy atom. The third-order valence-corrected chi connectivity index (χ3v) is 3.40. The van der Waals surface area contributed by atoms with E-state index in [9.17, 15) is 0 Å². The van der Waals surface area contributed by atoms with Crippen LogP contribution in [0.1, 0.15) is 26.7 Å². The zero-order valence-corrected chi connectivity index (χ0v) is 14.7. The fraction of sp³-hybridized carbons (Fsp3) is 0.400. The molecule has 0 aromatic heterocycles. The first-order valence-corrected chi connectivity index (χ1v) is 8.75. The Balaban J connectivity index is 1.74. The maximum atomic E-state index is 5.65. The zero-order chi connectivity index (χ0) is 17.0. The monoisotopic (exact) mass is 328 g/mol. The molecule has 0 atom stereocenters. The van der Waals surface area contributed by atoms with Gasteiger partial charge in [0.1, 0.15) is 11.5 Å². The van der Waals surface area contributed by atoms with Gasteiger partial charge in [0.25, 0.3) is 0 Å². The molecule has 0 unspecified atom stereocenters. The number of hydrogen-bond acceptors (Lipinski definition) is 4. The molecule has 4 heteroatoms. The van der Waals surface area contributed by atoms with Crippen molar-refractivity contribution in [1.29, 1.82) is 0 Å². The Kier molecular flexibility index (Phi) is 7.81. The lowest BCUT2D eigenvalue weighted by molar-refractivity contribution is 0.317. The highest BCUT2D eigenvalue weighted by Gasteiger charge is 1.98. The van der Waals surface area contributed by atoms with Crippen LogP contribution in [0.4, 0.5) is 11.4 Å². The van der Waals surface area contributed by atoms with Gasteiger partial charge in [0.15, 0.2) is 0 Å². The molecule has 0 aliphatic heterocycles. The van der Waals surface area contributed by atoms with Crippen LogP contribution in [0.5, 0.6) is 11.5 Å². The summed E-state index contributed by atoms with van der Waals surface area (Å²) in [6.45, 7) is 7.38. The van der Waals surface area contributed by atoms with Crippen molar-refractivity contribution in [2.75, 3.05) is 36.9 Å². The third kappa shape index (κ3) is 6.41. The van der Waals surface area contributed by atoms with E-state index in [1.807, 2.05) is 36.4 Å². The summed E-state index contributed by atoms with van der Waals surface area (Å²) in [7, 11) is 0. The number of hydrogen-bond donors (Lipinski definition) is 2. The molecule has 2 aromatic rings. The van der Waals surface area contributed by atoms with E-state index in [1.165, 1.54) is 0 Å². The smallest absolute Gasteiger partial charge is 0.121 e. The molecule has 0 bridgehead atoms. The molecule has 0 aliphatic rings. The molecule has 0 fully saturated rings. The highest BCUT2D eigenvalue weighted by molar-refractivity contribution is 5.50. The third-order valence-electron chi connectivity index (χ3n) is 3.40. The van der Waals surface area contributed by atoms with Gasteiger partial charge in [-0.2, -0.15) is 0 Å². The highest BCUT2D eigenvalue weighted by Crippen LogP contribution is 2.18. The van der Waals surface area contributed by atoms with Gasteiger partial charge in [0.05, 0.1) is 13.2 Å². The zero-order valence-electron chi connectivity index (χ0n) is 14.7. The van der Waals surface area contributed by atoms with Crippen molar-refractivity contribution in [3.8, 4) is 11.5 Å². The van der Waals surface area contributed by atoms with Gasteiger partial charge in [-0.05, 0) is 37.1 Å². The van der Waals surface area contributed by atoms with Crippen molar-refractivity contribution in [3.05, 3.63) is 48.5 Å². The van der Waals surface area contributed by atoms with Crippen LogP contribution < -0.4 is 20.1 Å². The Hall–Kier alpha value is -2.36. The molecule has 24 heavy (non-hydrogen) atoms. The summed E-state index contributed by atoms with van der Waals surface area (Å²) in [5.74, 6) is 1.83. The second kappa shape index (κ2) is 10.4. The second-order valence-corrected chi connectivity index (χ2v) is 5.61. The van der Waals surface area contributed by atoms with Crippen molar-refractivity contribution in [1.82, 2.24) is 0 Å². The van der Waals surface area contributed by atoms with Crippen LogP contribution in [0.2, 0.25) is 0 Å². The van der Waals surface area contributed by atoms with Crippen molar-refractivity contribution >= 4 is 11.4 Å². The first-order chi connectivity index (χ1) is 11.8. The second-order valence-electron chi connectivity index (χ2n) is 5.61. The van der Waals surface area contributed by atoms with Crippen molar-refractivity contribution in [2.45, 2.75) is 26.7 Å². The van der Waals surface area contributed by atoms with Gasteiger partial charge in [0.2, 0.25) is 0 Å². The Morgan fingerprint density at radius 3 is 1.58 bits per heavy atom. The largest absolute Gasteiger partial charge is 0.494 e. The fourth-order valence-corrected chi connectivity index (χ4v) is 2.25. The maximum Gasteiger partial charge on any atom is 0.121 e. The van der Waals surface area contributed by atoms with E-state index in [0.29, 0.717) is 0 Å². The van der Waals surface area contributed by atoms with Crippen molar-refractivity contribution in [3.63, 3.8) is 0 Å². The summed E-state index contributed by atoms with van der Waals surface area (Å²) in [6.07, 6.45) is 2.03. The topological polar surface area (TPSA) is 42.5 Å². The average Bonchev–Trinajstić information content (AvgIpc) is 2.62. The lowest BCUT2D eigenvalue weighted by Gasteiger charge is -2.11. The Bertz CT molecular complexity index is 548. The molecule has 0 heterocycles. The molecule has 4 nitrogen and oxygen atoms in total. The van der Waals surface area contributed by atoms with E-state index in [1.54, 1.807) is 0 Å². The summed E-state index contributed by atoms with van der Waals surface area (Å²) >= 11 is 0. The van der Waals surface area contributed by atoms with E-state index in [4.69, 9.17) is 9.47 Å². The van der Waals surface area contributed by atoms with E-state index < -0.39 is 0 Å². The lowest BCUT2D eigenvalue weighted by Crippen LogP contribution is -2.13. The summed E-state index contributed by atoms with van der Waals surface area (Å²) < 4.78 is 11.3. The average molecular weight is 328 g/mol. The number of nitrogens with one attached hydrogen (secondary N) is 2. The SMILES string of the molecule is CCCOc1cccc(NCCNc2cccc(OCCC)c2)c1. The molecule has 0 saturated heterocycles. The number of rotatable bonds is 11. The van der Waals surface area contributed by atoms with Crippen LogP contribution >= 0.6 is 0 Å². The van der Waals surface area contributed by atoms with Crippen molar-refractivity contribution in [2.24, 2.45) is 0 Å². The molecule has 2 N–H and O–H groups in total. The van der Waals surface area contributed by atoms with E-state index >= 15 is 0 Å². The minimum absolute atomic E-state index is 0.751. The lowest BCUT2D eigenvalue weighted by atomic mass is 10.3. The van der Waals surface area contributed by atoms with Gasteiger partial charge in [0, 0.05) is 36.6 Å². The quantitative estimate of drug-likeness (QED) is 0.582. The summed E-state index contributed by atoms with van der Waals surface area (Å²) in [5, 5.41) is 6.81. The standard InChI is InChI=1S/C20H28N2O2/c1-3-13-23-19-9-5-7-17(15-19)21-11-12-22-18-8-6-10-20(16-18)24-14-4-2/h5-10,15-16,21-22H,3-4,11-14H2,1-2H3. The molecule has 2 rings (SSSR count). The first kappa shape index (κ1) is 18.0. The van der Waals surface area contributed by atoms with Gasteiger partial charge in [-0.1, -0.05) is 26.0 Å². The first-order valence-electron chi connectivity index (χ1n) is 8.75. The number of anilines is 2. The minimum Gasteiger partial charge on any atom is -0.494 e. The fourth-order valence-electron chi connectivity index (χ4n) is 2.25. The van der Waals surface area contributed by atoms with Crippen LogP contribution in [-0.4, -0.2) is 26.3 Å². The molecule has 0 aliphatic carbocycles. The van der Waals surface area contributed by atoms with Crippen LogP contribution in [0.15, 0.2) is 48.5 Å². The molecule has 0 saturated carbocycles.